The lowest BCUT2D eigenvalue weighted by Crippen LogP contribution is -2.46. The summed E-state index contributed by atoms with van der Waals surface area (Å²) in [7, 11) is 0. The van der Waals surface area contributed by atoms with Crippen molar-refractivity contribution in [2.24, 2.45) is 0 Å². The number of halogens is 2. The Kier molecular flexibility index (Phi) is 6.20. The molecule has 1 aliphatic heterocycles. The molecule has 11 heteroatoms. The van der Waals surface area contributed by atoms with Crippen LogP contribution < -0.4 is 10.1 Å². The third-order valence-electron chi connectivity index (χ3n) is 7.21. The van der Waals surface area contributed by atoms with E-state index < -0.39 is 23.0 Å². The second-order valence-corrected chi connectivity index (χ2v) is 11.8. The molecule has 0 radical (unpaired) electrons. The van der Waals surface area contributed by atoms with E-state index in [0.29, 0.717) is 35.6 Å². The highest BCUT2D eigenvalue weighted by Crippen LogP contribution is 2.48. The van der Waals surface area contributed by atoms with E-state index >= 15 is 0 Å². The molecule has 2 fully saturated rings. The van der Waals surface area contributed by atoms with Gasteiger partial charge in [-0.25, -0.2) is 18.7 Å². The minimum absolute atomic E-state index is 0.174. The number of nitrogens with zero attached hydrogens (tertiary/aromatic N) is 3. The predicted octanol–water partition coefficient (Wildman–Crippen LogP) is 5.20. The van der Waals surface area contributed by atoms with Gasteiger partial charge in [-0.3, -0.25) is 9.20 Å². The van der Waals surface area contributed by atoms with Gasteiger partial charge in [0.05, 0.1) is 29.0 Å². The van der Waals surface area contributed by atoms with Crippen molar-refractivity contribution in [1.29, 1.82) is 0 Å². The number of fused-ring (bicyclic) bond motifs is 2. The van der Waals surface area contributed by atoms with E-state index in [4.69, 9.17) is 14.2 Å². The first kappa shape index (κ1) is 25.8. The summed E-state index contributed by atoms with van der Waals surface area (Å²) in [4.78, 5) is 24.1. The molecule has 8 nitrogen and oxygen atoms in total. The Morgan fingerprint density at radius 2 is 1.85 bits per heavy atom. The van der Waals surface area contributed by atoms with Crippen molar-refractivity contribution in [3.63, 3.8) is 0 Å². The summed E-state index contributed by atoms with van der Waals surface area (Å²) in [5.41, 5.74) is 0.237. The highest BCUT2D eigenvalue weighted by molar-refractivity contribution is 7.11. The topological polar surface area (TPSA) is 87.0 Å². The maximum atomic E-state index is 14.1. The molecule has 4 aromatic rings. The monoisotopic (exact) mass is 554 g/mol. The standard InChI is InChI=1S/C28H28F2N4O4S/c1-15-13-31-26(39-15)28(11-21-22(12-28)38-27(3,4)37-21)33-25(35)23-16(2)32-24-20(9-6-10-34(23)24)36-14-17-18(29)7-5-8-19(17)30/h5-10,13,21-22H,11-12,14H2,1-4H3,(H,33,35)/t21-,22+,28+. The summed E-state index contributed by atoms with van der Waals surface area (Å²) in [5, 5.41) is 4.05. The minimum atomic E-state index is -0.769. The molecular formula is C28H28F2N4O4S. The van der Waals surface area contributed by atoms with Crippen LogP contribution in [0.2, 0.25) is 0 Å². The highest BCUT2D eigenvalue weighted by atomic mass is 32.1. The van der Waals surface area contributed by atoms with Crippen LogP contribution in [-0.4, -0.2) is 38.3 Å². The number of ether oxygens (including phenoxy) is 3. The largest absolute Gasteiger partial charge is 0.485 e. The van der Waals surface area contributed by atoms with Crippen LogP contribution in [0.4, 0.5) is 8.78 Å². The lowest BCUT2D eigenvalue weighted by atomic mass is 9.97. The molecule has 3 aromatic heterocycles. The summed E-state index contributed by atoms with van der Waals surface area (Å²) in [6.07, 6.45) is 4.21. The van der Waals surface area contributed by atoms with E-state index in [1.165, 1.54) is 29.5 Å². The van der Waals surface area contributed by atoms with Gasteiger partial charge in [0, 0.05) is 30.1 Å². The zero-order valence-corrected chi connectivity index (χ0v) is 22.8. The molecule has 1 aromatic carbocycles. The molecule has 1 N–H and O–H groups in total. The maximum absolute atomic E-state index is 14.1. The first-order valence-electron chi connectivity index (χ1n) is 12.7. The van der Waals surface area contributed by atoms with Crippen LogP contribution in [0.25, 0.3) is 5.65 Å². The lowest BCUT2D eigenvalue weighted by Gasteiger charge is -2.31. The first-order valence-corrected chi connectivity index (χ1v) is 13.5. The molecule has 4 heterocycles. The Bertz CT molecular complexity index is 1550. The first-order chi connectivity index (χ1) is 18.6. The van der Waals surface area contributed by atoms with E-state index in [9.17, 15) is 13.6 Å². The second kappa shape index (κ2) is 9.35. The van der Waals surface area contributed by atoms with Gasteiger partial charge in [-0.1, -0.05) is 6.07 Å². The number of thiazole rings is 1. The number of benzene rings is 1. The summed E-state index contributed by atoms with van der Waals surface area (Å²) in [6, 6.07) is 7.00. The Morgan fingerprint density at radius 3 is 2.49 bits per heavy atom. The Labute approximate surface area is 227 Å². The van der Waals surface area contributed by atoms with Crippen molar-refractivity contribution >= 4 is 22.9 Å². The van der Waals surface area contributed by atoms with Crippen molar-refractivity contribution in [3.8, 4) is 5.75 Å². The Hall–Kier alpha value is -3.41. The summed E-state index contributed by atoms with van der Waals surface area (Å²) < 4.78 is 47.9. The molecule has 6 rings (SSSR count). The number of amides is 1. The van der Waals surface area contributed by atoms with Crippen molar-refractivity contribution < 1.29 is 27.8 Å². The summed E-state index contributed by atoms with van der Waals surface area (Å²) >= 11 is 1.54. The van der Waals surface area contributed by atoms with Crippen LogP contribution in [0.5, 0.6) is 5.75 Å². The van der Waals surface area contributed by atoms with Gasteiger partial charge in [-0.05, 0) is 52.0 Å². The van der Waals surface area contributed by atoms with Crippen LogP contribution in [0.15, 0.2) is 42.7 Å². The molecule has 1 amide bonds. The lowest BCUT2D eigenvalue weighted by molar-refractivity contribution is -0.155. The summed E-state index contributed by atoms with van der Waals surface area (Å²) in [6.45, 7) is 7.17. The third-order valence-corrected chi connectivity index (χ3v) is 8.32. The SMILES string of the molecule is Cc1cnc([C@@]2(NC(=O)c3c(C)nc4c(OCc5c(F)cccc5F)cccn34)C[C@@H]3OC(C)(C)O[C@@H]3C2)s1. The molecule has 2 aliphatic rings. The second-order valence-electron chi connectivity index (χ2n) is 10.5. The zero-order chi connectivity index (χ0) is 27.5. The number of aryl methyl sites for hydroxylation is 2. The fourth-order valence-corrected chi connectivity index (χ4v) is 6.50. The molecule has 1 saturated carbocycles. The normalized spacial score (nSPS) is 23.7. The smallest absolute Gasteiger partial charge is 0.270 e. The highest BCUT2D eigenvalue weighted by Gasteiger charge is 2.56. The van der Waals surface area contributed by atoms with E-state index in [1.54, 1.807) is 35.9 Å². The molecule has 0 bridgehead atoms. The number of carbonyl (C=O) groups excluding carboxylic acids is 1. The van der Waals surface area contributed by atoms with Gasteiger partial charge >= 0.3 is 0 Å². The van der Waals surface area contributed by atoms with E-state index in [2.05, 4.69) is 15.3 Å². The molecule has 1 aliphatic carbocycles. The fraction of sp³-hybridized carbons (Fsp3) is 0.393. The van der Waals surface area contributed by atoms with Crippen LogP contribution in [0.3, 0.4) is 0 Å². The molecule has 204 valence electrons. The van der Waals surface area contributed by atoms with Crippen LogP contribution >= 0.6 is 11.3 Å². The predicted molar refractivity (Wildman–Crippen MR) is 140 cm³/mol. The van der Waals surface area contributed by atoms with Gasteiger partial charge in [0.25, 0.3) is 5.91 Å². The van der Waals surface area contributed by atoms with Crippen molar-refractivity contribution in [2.45, 2.75) is 70.7 Å². The molecule has 39 heavy (non-hydrogen) atoms. The molecule has 0 spiro atoms. The average Bonchev–Trinajstić information content (AvgIpc) is 3.59. The van der Waals surface area contributed by atoms with Gasteiger partial charge in [-0.2, -0.15) is 0 Å². The number of carbonyl (C=O) groups is 1. The van der Waals surface area contributed by atoms with Crippen LogP contribution in [0.1, 0.15) is 58.3 Å². The van der Waals surface area contributed by atoms with Gasteiger partial charge < -0.3 is 19.5 Å². The number of nitrogens with one attached hydrogen (secondary N) is 1. The van der Waals surface area contributed by atoms with Crippen LogP contribution in [0, 0.1) is 25.5 Å². The average molecular weight is 555 g/mol. The van der Waals surface area contributed by atoms with E-state index in [0.717, 1.165) is 9.88 Å². The Balaban J connectivity index is 1.31. The van der Waals surface area contributed by atoms with Crippen molar-refractivity contribution in [3.05, 3.63) is 81.2 Å². The van der Waals surface area contributed by atoms with Crippen LogP contribution in [-0.2, 0) is 21.6 Å². The molecular weight excluding hydrogens is 526 g/mol. The van der Waals surface area contributed by atoms with E-state index in [1.807, 2.05) is 20.8 Å². The number of aromatic nitrogens is 3. The van der Waals surface area contributed by atoms with Gasteiger partial charge in [0.1, 0.15) is 28.9 Å². The van der Waals surface area contributed by atoms with Crippen molar-refractivity contribution in [1.82, 2.24) is 19.7 Å². The molecule has 1 saturated heterocycles. The number of hydrogen-bond acceptors (Lipinski definition) is 7. The number of rotatable bonds is 6. The zero-order valence-electron chi connectivity index (χ0n) is 22.0. The quantitative estimate of drug-likeness (QED) is 0.353. The van der Waals surface area contributed by atoms with Crippen molar-refractivity contribution in [2.75, 3.05) is 0 Å². The maximum Gasteiger partial charge on any atom is 0.270 e. The van der Waals surface area contributed by atoms with Gasteiger partial charge in [-0.15, -0.1) is 11.3 Å². The van der Waals surface area contributed by atoms with E-state index in [-0.39, 0.29) is 30.3 Å². The number of hydrogen-bond donors (Lipinski definition) is 1. The van der Waals surface area contributed by atoms with Gasteiger partial charge in [0.2, 0.25) is 0 Å². The fourth-order valence-electron chi connectivity index (χ4n) is 5.57. The Morgan fingerprint density at radius 1 is 1.15 bits per heavy atom. The van der Waals surface area contributed by atoms with Gasteiger partial charge in [0.15, 0.2) is 17.2 Å². The molecule has 0 unspecified atom stereocenters. The summed E-state index contributed by atoms with van der Waals surface area (Å²) in [5.74, 6) is -2.09. The third kappa shape index (κ3) is 4.58. The number of imidazole rings is 1. The molecule has 3 atom stereocenters. The number of pyridine rings is 1. The minimum Gasteiger partial charge on any atom is -0.485 e.